The van der Waals surface area contributed by atoms with E-state index in [0.717, 1.165) is 29.4 Å². The van der Waals surface area contributed by atoms with Gasteiger partial charge in [-0.25, -0.2) is 4.57 Å². The molecule has 2 aromatic carbocycles. The number of fused-ring (bicyclic) bond motifs is 1. The fraction of sp³-hybridized carbons (Fsp3) is 0.174. The van der Waals surface area contributed by atoms with Crippen LogP contribution in [0.5, 0.6) is 0 Å². The molecule has 28 heavy (non-hydrogen) atoms. The Hall–Kier alpha value is -3.47. The van der Waals surface area contributed by atoms with E-state index in [0.29, 0.717) is 17.7 Å². The molecule has 2 aromatic heterocycles. The second-order valence-electron chi connectivity index (χ2n) is 6.86. The molecule has 5 nitrogen and oxygen atoms in total. The Labute approximate surface area is 163 Å². The molecule has 0 aliphatic heterocycles. The minimum atomic E-state index is -0.455. The van der Waals surface area contributed by atoms with Gasteiger partial charge >= 0.3 is 5.88 Å². The van der Waals surface area contributed by atoms with Crippen LogP contribution in [0.4, 0.5) is 5.88 Å². The summed E-state index contributed by atoms with van der Waals surface area (Å²) in [6.45, 7) is 2.86. The highest BCUT2D eigenvalue weighted by Gasteiger charge is 2.25. The molecule has 0 fully saturated rings. The SMILES string of the molecule is CCCc1cc[n+](Cc2ccc3oc([N+](=O)[O-])c(-c4ccccc4)c3c2)cc1. The van der Waals surface area contributed by atoms with Crippen molar-refractivity contribution in [2.45, 2.75) is 26.3 Å². The van der Waals surface area contributed by atoms with Crippen molar-refractivity contribution in [3.05, 3.63) is 94.3 Å². The van der Waals surface area contributed by atoms with Crippen LogP contribution >= 0.6 is 0 Å². The molecule has 140 valence electrons. The van der Waals surface area contributed by atoms with Gasteiger partial charge in [-0.05, 0) is 35.7 Å². The molecule has 0 N–H and O–H groups in total. The minimum Gasteiger partial charge on any atom is -0.400 e. The van der Waals surface area contributed by atoms with E-state index in [1.54, 1.807) is 0 Å². The predicted octanol–water partition coefficient (Wildman–Crippen LogP) is 5.30. The number of hydrogen-bond acceptors (Lipinski definition) is 3. The Morgan fingerprint density at radius 3 is 2.43 bits per heavy atom. The zero-order chi connectivity index (χ0) is 19.5. The molecule has 0 radical (unpaired) electrons. The predicted molar refractivity (Wildman–Crippen MR) is 108 cm³/mol. The zero-order valence-corrected chi connectivity index (χ0v) is 15.7. The number of rotatable bonds is 6. The molecular weight excluding hydrogens is 352 g/mol. The van der Waals surface area contributed by atoms with Crippen molar-refractivity contribution in [2.75, 3.05) is 0 Å². The van der Waals surface area contributed by atoms with Crippen molar-refractivity contribution < 1.29 is 13.9 Å². The third kappa shape index (κ3) is 3.51. The summed E-state index contributed by atoms with van der Waals surface area (Å²) in [4.78, 5) is 11.1. The normalized spacial score (nSPS) is 11.0. The third-order valence-electron chi connectivity index (χ3n) is 4.83. The maximum absolute atomic E-state index is 11.5. The highest BCUT2D eigenvalue weighted by Crippen LogP contribution is 2.39. The lowest BCUT2D eigenvalue weighted by atomic mass is 10.0. The second-order valence-corrected chi connectivity index (χ2v) is 6.86. The Bertz CT molecular complexity index is 1120. The summed E-state index contributed by atoms with van der Waals surface area (Å²) < 4.78 is 7.67. The van der Waals surface area contributed by atoms with E-state index < -0.39 is 4.92 Å². The Morgan fingerprint density at radius 2 is 1.75 bits per heavy atom. The van der Waals surface area contributed by atoms with Gasteiger partial charge in [0.05, 0.1) is 0 Å². The molecule has 4 rings (SSSR count). The number of furan rings is 1. The molecule has 0 spiro atoms. The van der Waals surface area contributed by atoms with Gasteiger partial charge in [-0.1, -0.05) is 43.7 Å². The average molecular weight is 373 g/mol. The van der Waals surface area contributed by atoms with Gasteiger partial charge in [0, 0.05) is 23.1 Å². The van der Waals surface area contributed by atoms with Crippen molar-refractivity contribution in [1.82, 2.24) is 0 Å². The Balaban J connectivity index is 1.74. The Kier molecular flexibility index (Phi) is 4.89. The summed E-state index contributed by atoms with van der Waals surface area (Å²) in [5.74, 6) is -0.213. The second kappa shape index (κ2) is 7.64. The molecule has 0 saturated carbocycles. The first kappa shape index (κ1) is 17.9. The van der Waals surface area contributed by atoms with Crippen molar-refractivity contribution >= 4 is 16.9 Å². The lowest BCUT2D eigenvalue weighted by Crippen LogP contribution is -2.33. The van der Waals surface area contributed by atoms with Gasteiger partial charge in [0.1, 0.15) is 16.1 Å². The Morgan fingerprint density at radius 1 is 1.00 bits per heavy atom. The molecule has 0 saturated heterocycles. The molecule has 2 heterocycles. The number of pyridine rings is 1. The lowest BCUT2D eigenvalue weighted by Gasteiger charge is -2.01. The molecule has 0 aliphatic rings. The van der Waals surface area contributed by atoms with Gasteiger partial charge in [0.25, 0.3) is 0 Å². The van der Waals surface area contributed by atoms with Gasteiger partial charge in [-0.3, -0.25) is 10.1 Å². The number of nitrogens with zero attached hydrogens (tertiary/aromatic N) is 2. The van der Waals surface area contributed by atoms with Crippen molar-refractivity contribution in [2.24, 2.45) is 0 Å². The highest BCUT2D eigenvalue weighted by atomic mass is 16.6. The van der Waals surface area contributed by atoms with Crippen LogP contribution in [0.1, 0.15) is 24.5 Å². The number of aryl methyl sites for hydroxylation is 1. The fourth-order valence-corrected chi connectivity index (χ4v) is 3.50. The van der Waals surface area contributed by atoms with E-state index >= 15 is 0 Å². The summed E-state index contributed by atoms with van der Waals surface area (Å²) >= 11 is 0. The standard InChI is InChI=1S/C23H21N2O3/c1-2-6-17-11-13-24(14-12-17)16-18-9-10-21-20(15-18)22(23(28-21)25(26)27)19-7-4-3-5-8-19/h3-5,7-15H,2,6,16H2,1H3/q+1. The van der Waals surface area contributed by atoms with Crippen molar-refractivity contribution in [3.8, 4) is 11.1 Å². The van der Waals surface area contributed by atoms with E-state index in [2.05, 4.69) is 36.0 Å². The molecule has 5 heteroatoms. The van der Waals surface area contributed by atoms with E-state index in [1.807, 2.05) is 48.5 Å². The smallest absolute Gasteiger partial charge is 0.400 e. The topological polar surface area (TPSA) is 60.2 Å². The van der Waals surface area contributed by atoms with Crippen LogP contribution in [0, 0.1) is 10.1 Å². The number of benzene rings is 2. The van der Waals surface area contributed by atoms with Crippen LogP contribution in [0.3, 0.4) is 0 Å². The van der Waals surface area contributed by atoms with Crippen LogP contribution in [-0.2, 0) is 13.0 Å². The molecule has 0 aliphatic carbocycles. The quantitative estimate of drug-likeness (QED) is 0.262. The van der Waals surface area contributed by atoms with Crippen LogP contribution in [0.15, 0.2) is 77.5 Å². The van der Waals surface area contributed by atoms with Crippen LogP contribution < -0.4 is 4.57 Å². The summed E-state index contributed by atoms with van der Waals surface area (Å²) in [6, 6.07) is 19.4. The first-order chi connectivity index (χ1) is 13.7. The van der Waals surface area contributed by atoms with Gasteiger partial charge < -0.3 is 4.42 Å². The van der Waals surface area contributed by atoms with Gasteiger partial charge in [-0.2, -0.15) is 0 Å². The van der Waals surface area contributed by atoms with Crippen LogP contribution in [0.2, 0.25) is 0 Å². The first-order valence-corrected chi connectivity index (χ1v) is 9.39. The monoisotopic (exact) mass is 373 g/mol. The molecule has 0 atom stereocenters. The van der Waals surface area contributed by atoms with Gasteiger partial charge in [0.2, 0.25) is 0 Å². The average Bonchev–Trinajstić information content (AvgIpc) is 3.09. The van der Waals surface area contributed by atoms with Gasteiger partial charge in [-0.15, -0.1) is 0 Å². The van der Waals surface area contributed by atoms with Crippen LogP contribution in [0.25, 0.3) is 22.1 Å². The molecule has 0 amide bonds. The first-order valence-electron chi connectivity index (χ1n) is 9.39. The summed E-state index contributed by atoms with van der Waals surface area (Å²) in [6.07, 6.45) is 6.35. The lowest BCUT2D eigenvalue weighted by molar-refractivity contribution is -0.688. The largest absolute Gasteiger partial charge is 0.442 e. The number of aromatic nitrogens is 1. The fourth-order valence-electron chi connectivity index (χ4n) is 3.50. The molecular formula is C23H21N2O3+. The summed E-state index contributed by atoms with van der Waals surface area (Å²) in [5.41, 5.74) is 4.23. The van der Waals surface area contributed by atoms with Crippen LogP contribution in [-0.4, -0.2) is 4.92 Å². The van der Waals surface area contributed by atoms with Gasteiger partial charge in [0.15, 0.2) is 18.9 Å². The summed E-state index contributed by atoms with van der Waals surface area (Å²) in [7, 11) is 0. The van der Waals surface area contributed by atoms with E-state index in [9.17, 15) is 10.1 Å². The summed E-state index contributed by atoms with van der Waals surface area (Å²) in [5, 5.41) is 12.3. The van der Waals surface area contributed by atoms with E-state index in [-0.39, 0.29) is 5.88 Å². The molecule has 4 aromatic rings. The third-order valence-corrected chi connectivity index (χ3v) is 4.83. The van der Waals surface area contributed by atoms with E-state index in [4.69, 9.17) is 4.42 Å². The maximum Gasteiger partial charge on any atom is 0.442 e. The van der Waals surface area contributed by atoms with E-state index in [1.165, 1.54) is 5.56 Å². The van der Waals surface area contributed by atoms with Crippen molar-refractivity contribution in [3.63, 3.8) is 0 Å². The molecule has 0 unspecified atom stereocenters. The number of nitro groups is 1. The minimum absolute atomic E-state index is 0.213. The zero-order valence-electron chi connectivity index (χ0n) is 15.7. The highest BCUT2D eigenvalue weighted by molar-refractivity contribution is 5.98. The van der Waals surface area contributed by atoms with Crippen molar-refractivity contribution in [1.29, 1.82) is 0 Å². The number of hydrogen-bond donors (Lipinski definition) is 0. The maximum atomic E-state index is 11.5. The molecule has 0 bridgehead atoms.